The van der Waals surface area contributed by atoms with Crippen molar-refractivity contribution < 1.29 is 20.1 Å². The third-order valence-electron chi connectivity index (χ3n) is 4.53. The van der Waals surface area contributed by atoms with Gasteiger partial charge in [0.05, 0.1) is 0 Å². The van der Waals surface area contributed by atoms with Crippen LogP contribution in [0.1, 0.15) is 0 Å². The van der Waals surface area contributed by atoms with Crippen LogP contribution >= 0.6 is 0 Å². The summed E-state index contributed by atoms with van der Waals surface area (Å²) in [5, 5.41) is 48.4. The van der Waals surface area contributed by atoms with Crippen LogP contribution in [0.4, 0.5) is 0 Å². The van der Waals surface area contributed by atoms with Crippen LogP contribution < -0.4 is 10.6 Å². The van der Waals surface area contributed by atoms with Crippen molar-refractivity contribution in [3.8, 4) is 0 Å². The molecule has 0 aromatic heterocycles. The van der Waals surface area contributed by atoms with Crippen LogP contribution in [0, 0.1) is 40.5 Å². The average Bonchev–Trinajstić information content (AvgIpc) is 2.92. The average molecular weight is 348 g/mol. The smallest absolute Gasteiger partial charge is 0.260 e. The fourth-order valence-corrected chi connectivity index (χ4v) is 3.84. The number of piperazine rings is 1. The molecular formula is C6H8N10O8. The Hall–Kier alpha value is -3.28. The zero-order valence-corrected chi connectivity index (χ0v) is 11.3. The summed E-state index contributed by atoms with van der Waals surface area (Å²) in [5.41, 5.74) is 0. The molecule has 6 atom stereocenters. The Balaban J connectivity index is 1.94. The van der Waals surface area contributed by atoms with Gasteiger partial charge >= 0.3 is 0 Å². The van der Waals surface area contributed by atoms with Crippen LogP contribution in [0.15, 0.2) is 0 Å². The molecule has 5 fully saturated rings. The van der Waals surface area contributed by atoms with Gasteiger partial charge in [-0.05, 0) is 0 Å². The summed E-state index contributed by atoms with van der Waals surface area (Å²) in [6.45, 7) is 0. The maximum absolute atomic E-state index is 11.4. The summed E-state index contributed by atoms with van der Waals surface area (Å²) >= 11 is 0. The molecular weight excluding hydrogens is 340 g/mol. The van der Waals surface area contributed by atoms with Crippen LogP contribution in [0.3, 0.4) is 0 Å². The molecule has 24 heavy (non-hydrogen) atoms. The van der Waals surface area contributed by atoms with Gasteiger partial charge in [0.15, 0.2) is 44.8 Å². The molecule has 0 radical (unpaired) electrons. The highest BCUT2D eigenvalue weighted by atomic mass is 16.7. The first-order chi connectivity index (χ1) is 11.3. The van der Waals surface area contributed by atoms with Gasteiger partial charge in [0.2, 0.25) is 0 Å². The van der Waals surface area contributed by atoms with Gasteiger partial charge < -0.3 is 0 Å². The fourth-order valence-electron chi connectivity index (χ4n) is 3.84. The lowest BCUT2D eigenvalue weighted by Crippen LogP contribution is -2.76. The minimum absolute atomic E-state index is 0.396. The van der Waals surface area contributed by atoms with E-state index < -0.39 is 57.1 Å². The molecule has 0 aromatic rings. The van der Waals surface area contributed by atoms with Crippen molar-refractivity contribution in [2.24, 2.45) is 0 Å². The summed E-state index contributed by atoms with van der Waals surface area (Å²) in [5.74, 6) is 0. The van der Waals surface area contributed by atoms with Crippen molar-refractivity contribution in [2.75, 3.05) is 0 Å². The lowest BCUT2D eigenvalue weighted by atomic mass is 10.2. The molecule has 0 saturated carbocycles. The maximum atomic E-state index is 11.4. The number of nitrogens with one attached hydrogen (secondary N) is 2. The number of hydrazine groups is 4. The first kappa shape index (κ1) is 14.3. The van der Waals surface area contributed by atoms with Gasteiger partial charge in [-0.2, -0.15) is 0 Å². The molecule has 0 spiro atoms. The highest BCUT2D eigenvalue weighted by Crippen LogP contribution is 2.42. The molecule has 2 N–H and O–H groups in total. The molecule has 6 unspecified atom stereocenters. The van der Waals surface area contributed by atoms with Crippen LogP contribution in [0.2, 0.25) is 0 Å². The van der Waals surface area contributed by atoms with Gasteiger partial charge in [0, 0.05) is 0 Å². The Morgan fingerprint density at radius 2 is 0.792 bits per heavy atom. The number of hydrogen-bond donors (Lipinski definition) is 2. The molecule has 5 aliphatic rings. The summed E-state index contributed by atoms with van der Waals surface area (Å²) < 4.78 is 0. The predicted octanol–water partition coefficient (Wildman–Crippen LogP) is -3.85. The Morgan fingerprint density at radius 1 is 0.542 bits per heavy atom. The third kappa shape index (κ3) is 1.40. The van der Waals surface area contributed by atoms with E-state index in [-0.39, 0.29) is 0 Å². The zero-order chi connectivity index (χ0) is 17.5. The third-order valence-corrected chi connectivity index (χ3v) is 4.53. The lowest BCUT2D eigenvalue weighted by molar-refractivity contribution is -0.782. The first-order valence-electron chi connectivity index (χ1n) is 6.48. The van der Waals surface area contributed by atoms with Gasteiger partial charge in [-0.3, -0.25) is 10.6 Å². The minimum atomic E-state index is -1.61. The second-order valence-corrected chi connectivity index (χ2v) is 5.41. The Labute approximate surface area is 129 Å². The SMILES string of the molecule is O=[N+]([O-])N1C2NC3C1N([N+](=O)[O-])C1NC2N([N+](=O)[O-])C1N3[N+](=O)[O-]. The van der Waals surface area contributed by atoms with E-state index in [0.29, 0.717) is 20.0 Å². The molecule has 6 bridgehead atoms. The quantitative estimate of drug-likeness (QED) is 0.368. The van der Waals surface area contributed by atoms with Crippen LogP contribution in [0.25, 0.3) is 0 Å². The summed E-state index contributed by atoms with van der Waals surface area (Å²) in [4.78, 5) is 45.5. The normalized spacial score (nSPS) is 38.7. The van der Waals surface area contributed by atoms with Gasteiger partial charge in [-0.1, -0.05) is 20.0 Å². The molecule has 18 nitrogen and oxygen atoms in total. The van der Waals surface area contributed by atoms with Gasteiger partial charge in [0.25, 0.3) is 12.3 Å². The Kier molecular flexibility index (Phi) is 2.49. The molecule has 0 aliphatic carbocycles. The molecule has 18 heteroatoms. The van der Waals surface area contributed by atoms with E-state index >= 15 is 0 Å². The highest BCUT2D eigenvalue weighted by molar-refractivity contribution is 5.09. The number of nitro groups is 4. The zero-order valence-electron chi connectivity index (χ0n) is 11.3. The predicted molar refractivity (Wildman–Crippen MR) is 64.3 cm³/mol. The van der Waals surface area contributed by atoms with Crippen molar-refractivity contribution in [1.29, 1.82) is 0 Å². The van der Waals surface area contributed by atoms with E-state index in [1.54, 1.807) is 0 Å². The molecule has 5 heterocycles. The Morgan fingerprint density at radius 3 is 1.04 bits per heavy atom. The van der Waals surface area contributed by atoms with E-state index in [2.05, 4.69) is 10.6 Å². The summed E-state index contributed by atoms with van der Waals surface area (Å²) in [7, 11) is 0. The number of nitrogens with zero attached hydrogens (tertiary/aromatic N) is 8. The standard InChI is InChI=1S/C6H8N10O8/c17-13(18)9-1-2-8-4-6(10(2)14(19)20)11(15(21)22)3(7-1)5(9)12(4)16(23)24/h1-8H. The molecule has 0 amide bonds. The summed E-state index contributed by atoms with van der Waals surface area (Å²) in [6.07, 6.45) is -8.92. The van der Waals surface area contributed by atoms with Crippen molar-refractivity contribution >= 4 is 0 Å². The van der Waals surface area contributed by atoms with Gasteiger partial charge in [0.1, 0.15) is 0 Å². The van der Waals surface area contributed by atoms with Crippen LogP contribution in [-0.2, 0) is 0 Å². The van der Waals surface area contributed by atoms with Crippen molar-refractivity contribution in [3.63, 3.8) is 0 Å². The van der Waals surface area contributed by atoms with E-state index in [9.17, 15) is 40.5 Å². The fraction of sp³-hybridized carbons (Fsp3) is 1.00. The van der Waals surface area contributed by atoms with Crippen LogP contribution in [-0.4, -0.2) is 77.2 Å². The van der Waals surface area contributed by atoms with Crippen molar-refractivity contribution in [3.05, 3.63) is 40.5 Å². The highest BCUT2D eigenvalue weighted by Gasteiger charge is 2.79. The second-order valence-electron chi connectivity index (χ2n) is 5.41. The second kappa shape index (κ2) is 4.17. The molecule has 5 saturated heterocycles. The van der Waals surface area contributed by atoms with Crippen molar-refractivity contribution in [2.45, 2.75) is 37.0 Å². The first-order valence-corrected chi connectivity index (χ1v) is 6.48. The maximum Gasteiger partial charge on any atom is 0.260 e. The number of rotatable bonds is 4. The molecule has 5 rings (SSSR count). The largest absolute Gasteiger partial charge is 0.261 e. The van der Waals surface area contributed by atoms with E-state index in [1.807, 2.05) is 0 Å². The Bertz CT molecular complexity index is 616. The molecule has 5 aliphatic heterocycles. The lowest BCUT2D eigenvalue weighted by Gasteiger charge is -2.40. The van der Waals surface area contributed by atoms with E-state index in [1.165, 1.54) is 0 Å². The van der Waals surface area contributed by atoms with Gasteiger partial charge in [-0.15, -0.1) is 0 Å². The number of hydrogen-bond acceptors (Lipinski definition) is 10. The molecule has 130 valence electrons. The van der Waals surface area contributed by atoms with Crippen LogP contribution in [0.5, 0.6) is 0 Å². The molecule has 0 aromatic carbocycles. The van der Waals surface area contributed by atoms with E-state index in [0.717, 1.165) is 0 Å². The van der Waals surface area contributed by atoms with E-state index in [4.69, 9.17) is 0 Å². The minimum Gasteiger partial charge on any atom is -0.261 e. The summed E-state index contributed by atoms with van der Waals surface area (Å²) in [6, 6.07) is 0. The topological polar surface area (TPSA) is 210 Å². The monoisotopic (exact) mass is 348 g/mol. The van der Waals surface area contributed by atoms with Crippen molar-refractivity contribution in [1.82, 2.24) is 30.7 Å². The van der Waals surface area contributed by atoms with Gasteiger partial charge in [-0.25, -0.2) is 40.5 Å².